The smallest absolute Gasteiger partial charge is 0.129 e. The molecule has 2 aromatic carbocycles. The zero-order valence-electron chi connectivity index (χ0n) is 13.4. The Balaban J connectivity index is 1.45. The van der Waals surface area contributed by atoms with E-state index in [9.17, 15) is 0 Å². The van der Waals surface area contributed by atoms with Crippen LogP contribution in [-0.2, 0) is 6.54 Å². The minimum Gasteiger partial charge on any atom is -0.354 e. The van der Waals surface area contributed by atoms with Gasteiger partial charge in [0.25, 0.3) is 0 Å². The minimum atomic E-state index is 0.415. The third-order valence-corrected chi connectivity index (χ3v) is 5.50. The summed E-state index contributed by atoms with van der Waals surface area (Å²) in [5.41, 5.74) is 2.38. The molecule has 1 aliphatic rings. The standard InChI is InChI=1S/C20H20BrN3/c21-17-13-24(14-19(17)22-12-15-6-2-1-3-7-15)20-11-10-16-8-4-5-9-18(16)23-20/h1-11,17,19,22H,12-14H2. The fourth-order valence-electron chi connectivity index (χ4n) is 3.22. The van der Waals surface area contributed by atoms with E-state index < -0.39 is 0 Å². The van der Waals surface area contributed by atoms with E-state index in [1.165, 1.54) is 10.9 Å². The van der Waals surface area contributed by atoms with Crippen molar-refractivity contribution in [1.82, 2.24) is 10.3 Å². The van der Waals surface area contributed by atoms with Crippen LogP contribution in [0.1, 0.15) is 5.56 Å². The van der Waals surface area contributed by atoms with Crippen molar-refractivity contribution < 1.29 is 0 Å². The number of nitrogens with zero attached hydrogens (tertiary/aromatic N) is 2. The molecule has 0 saturated carbocycles. The van der Waals surface area contributed by atoms with Crippen LogP contribution in [0, 0.1) is 0 Å². The van der Waals surface area contributed by atoms with Crippen LogP contribution < -0.4 is 10.2 Å². The van der Waals surface area contributed by atoms with E-state index in [-0.39, 0.29) is 0 Å². The van der Waals surface area contributed by atoms with Crippen molar-refractivity contribution in [1.29, 1.82) is 0 Å². The van der Waals surface area contributed by atoms with Gasteiger partial charge in [0.1, 0.15) is 5.82 Å². The fourth-order valence-corrected chi connectivity index (χ4v) is 3.92. The first-order chi connectivity index (χ1) is 11.8. The second kappa shape index (κ2) is 6.91. The molecule has 3 nitrogen and oxygen atoms in total. The maximum atomic E-state index is 4.82. The third-order valence-electron chi connectivity index (χ3n) is 4.57. The molecule has 2 heterocycles. The number of hydrogen-bond acceptors (Lipinski definition) is 3. The first-order valence-corrected chi connectivity index (χ1v) is 9.23. The normalized spacial score (nSPS) is 20.6. The number of alkyl halides is 1. The number of pyridine rings is 1. The number of hydrogen-bond donors (Lipinski definition) is 1. The maximum Gasteiger partial charge on any atom is 0.129 e. The Morgan fingerprint density at radius 2 is 1.75 bits per heavy atom. The molecule has 1 fully saturated rings. The molecule has 0 amide bonds. The molecule has 1 saturated heterocycles. The van der Waals surface area contributed by atoms with Crippen molar-refractivity contribution in [3.8, 4) is 0 Å². The largest absolute Gasteiger partial charge is 0.354 e. The number of rotatable bonds is 4. The number of para-hydroxylation sites is 1. The summed E-state index contributed by atoms with van der Waals surface area (Å²) in [4.78, 5) is 7.60. The van der Waals surface area contributed by atoms with Crippen LogP contribution >= 0.6 is 15.9 Å². The van der Waals surface area contributed by atoms with E-state index in [0.717, 1.165) is 31.0 Å². The summed E-state index contributed by atoms with van der Waals surface area (Å²) in [7, 11) is 0. The Morgan fingerprint density at radius 1 is 0.958 bits per heavy atom. The molecule has 24 heavy (non-hydrogen) atoms. The number of anilines is 1. The van der Waals surface area contributed by atoms with Crippen LogP contribution in [0.5, 0.6) is 0 Å². The highest BCUT2D eigenvalue weighted by atomic mass is 79.9. The van der Waals surface area contributed by atoms with Gasteiger partial charge in [-0.05, 0) is 23.8 Å². The van der Waals surface area contributed by atoms with E-state index in [0.29, 0.717) is 10.9 Å². The first-order valence-electron chi connectivity index (χ1n) is 8.32. The van der Waals surface area contributed by atoms with Gasteiger partial charge in [-0.2, -0.15) is 0 Å². The zero-order chi connectivity index (χ0) is 16.4. The van der Waals surface area contributed by atoms with Crippen LogP contribution in [0.15, 0.2) is 66.7 Å². The molecular weight excluding hydrogens is 362 g/mol. The summed E-state index contributed by atoms with van der Waals surface area (Å²) in [5.74, 6) is 1.06. The van der Waals surface area contributed by atoms with Gasteiger partial charge in [-0.25, -0.2) is 4.98 Å². The van der Waals surface area contributed by atoms with Crippen LogP contribution in [0.25, 0.3) is 10.9 Å². The number of halogens is 1. The van der Waals surface area contributed by atoms with Crippen LogP contribution in [-0.4, -0.2) is 28.9 Å². The lowest BCUT2D eigenvalue weighted by Gasteiger charge is -2.18. The van der Waals surface area contributed by atoms with Crippen molar-refractivity contribution in [3.05, 3.63) is 72.3 Å². The minimum absolute atomic E-state index is 0.415. The summed E-state index contributed by atoms with van der Waals surface area (Å²) in [6.45, 7) is 2.83. The Hall–Kier alpha value is -1.91. The van der Waals surface area contributed by atoms with Crippen molar-refractivity contribution in [2.75, 3.05) is 18.0 Å². The molecule has 2 unspecified atom stereocenters. The summed E-state index contributed by atoms with van der Waals surface area (Å²) < 4.78 is 0. The maximum absolute atomic E-state index is 4.82. The lowest BCUT2D eigenvalue weighted by atomic mass is 10.2. The predicted molar refractivity (Wildman–Crippen MR) is 104 cm³/mol. The molecule has 1 aromatic heterocycles. The second-order valence-electron chi connectivity index (χ2n) is 6.26. The van der Waals surface area contributed by atoms with Gasteiger partial charge in [0.05, 0.1) is 5.52 Å². The molecule has 0 spiro atoms. The number of nitrogens with one attached hydrogen (secondary N) is 1. The lowest BCUT2D eigenvalue weighted by Crippen LogP contribution is -2.36. The summed E-state index contributed by atoms with van der Waals surface area (Å²) in [6.07, 6.45) is 0. The van der Waals surface area contributed by atoms with E-state index in [1.807, 2.05) is 6.07 Å². The molecule has 1 N–H and O–H groups in total. The first kappa shape index (κ1) is 15.6. The number of fused-ring (bicyclic) bond motifs is 1. The van der Waals surface area contributed by atoms with E-state index in [1.54, 1.807) is 0 Å². The monoisotopic (exact) mass is 381 g/mol. The fraction of sp³-hybridized carbons (Fsp3) is 0.250. The van der Waals surface area contributed by atoms with Gasteiger partial charge in [-0.1, -0.05) is 64.5 Å². The van der Waals surface area contributed by atoms with E-state index >= 15 is 0 Å². The highest BCUT2D eigenvalue weighted by molar-refractivity contribution is 9.09. The summed E-state index contributed by atoms with van der Waals surface area (Å²) >= 11 is 3.83. The van der Waals surface area contributed by atoms with Crippen LogP contribution in [0.3, 0.4) is 0 Å². The second-order valence-corrected chi connectivity index (χ2v) is 7.43. The Morgan fingerprint density at radius 3 is 2.62 bits per heavy atom. The molecule has 0 radical (unpaired) electrons. The van der Waals surface area contributed by atoms with Crippen molar-refractivity contribution in [3.63, 3.8) is 0 Å². The molecule has 122 valence electrons. The van der Waals surface area contributed by atoms with Gasteiger partial charge in [0, 0.05) is 35.9 Å². The predicted octanol–water partition coefficient (Wildman–Crippen LogP) is 3.98. The Kier molecular flexibility index (Phi) is 4.50. The topological polar surface area (TPSA) is 28.2 Å². The van der Waals surface area contributed by atoms with Gasteiger partial charge in [-0.15, -0.1) is 0 Å². The lowest BCUT2D eigenvalue weighted by molar-refractivity contribution is 0.562. The quantitative estimate of drug-likeness (QED) is 0.692. The van der Waals surface area contributed by atoms with Crippen molar-refractivity contribution in [2.24, 2.45) is 0 Å². The van der Waals surface area contributed by atoms with Gasteiger partial charge >= 0.3 is 0 Å². The molecule has 4 heteroatoms. The van der Waals surface area contributed by atoms with E-state index in [2.05, 4.69) is 86.8 Å². The summed E-state index contributed by atoms with van der Waals surface area (Å²) in [5, 5.41) is 4.86. The molecule has 4 rings (SSSR count). The van der Waals surface area contributed by atoms with Gasteiger partial charge in [0.15, 0.2) is 0 Å². The molecule has 0 bridgehead atoms. The molecule has 2 atom stereocenters. The van der Waals surface area contributed by atoms with Crippen LogP contribution in [0.4, 0.5) is 5.82 Å². The number of aromatic nitrogens is 1. The van der Waals surface area contributed by atoms with Crippen molar-refractivity contribution >= 4 is 32.7 Å². The average molecular weight is 382 g/mol. The third kappa shape index (κ3) is 3.30. The van der Waals surface area contributed by atoms with Gasteiger partial charge in [0.2, 0.25) is 0 Å². The molecule has 3 aromatic rings. The number of benzene rings is 2. The molecular formula is C20H20BrN3. The van der Waals surface area contributed by atoms with Gasteiger partial charge < -0.3 is 10.2 Å². The van der Waals surface area contributed by atoms with Gasteiger partial charge in [-0.3, -0.25) is 0 Å². The highest BCUT2D eigenvalue weighted by Gasteiger charge is 2.31. The Bertz CT molecular complexity index is 821. The average Bonchev–Trinajstić information content (AvgIpc) is 3.01. The zero-order valence-corrected chi connectivity index (χ0v) is 15.0. The van der Waals surface area contributed by atoms with Crippen LogP contribution in [0.2, 0.25) is 0 Å². The van der Waals surface area contributed by atoms with Crippen molar-refractivity contribution in [2.45, 2.75) is 17.4 Å². The highest BCUT2D eigenvalue weighted by Crippen LogP contribution is 2.25. The Labute approximate surface area is 150 Å². The molecule has 0 aliphatic carbocycles. The molecule has 1 aliphatic heterocycles. The summed E-state index contributed by atoms with van der Waals surface area (Å²) in [6, 6.07) is 23.5. The SMILES string of the molecule is BrC1CN(c2ccc3ccccc3n2)CC1NCc1ccccc1. The van der Waals surface area contributed by atoms with E-state index in [4.69, 9.17) is 4.98 Å².